The van der Waals surface area contributed by atoms with Crippen molar-refractivity contribution in [2.45, 2.75) is 25.3 Å². The normalized spacial score (nSPS) is 21.8. The zero-order valence-electron chi connectivity index (χ0n) is 14.0. The van der Waals surface area contributed by atoms with Gasteiger partial charge in [-0.15, -0.1) is 0 Å². The van der Waals surface area contributed by atoms with E-state index in [0.717, 1.165) is 18.4 Å². The lowest BCUT2D eigenvalue weighted by molar-refractivity contribution is -0.127. The summed E-state index contributed by atoms with van der Waals surface area (Å²) in [6, 6.07) is 12.3. The number of hydrogen-bond donors (Lipinski definition) is 1. The summed E-state index contributed by atoms with van der Waals surface area (Å²) in [5.41, 5.74) is 2.94. The molecule has 1 aliphatic heterocycles. The quantitative estimate of drug-likeness (QED) is 0.894. The van der Waals surface area contributed by atoms with Crippen molar-refractivity contribution in [3.63, 3.8) is 0 Å². The van der Waals surface area contributed by atoms with Crippen LogP contribution >= 0.6 is 11.6 Å². The van der Waals surface area contributed by atoms with E-state index in [-0.39, 0.29) is 35.8 Å². The number of halogens is 2. The first-order valence-corrected chi connectivity index (χ1v) is 9.04. The molecule has 1 N–H and O–H groups in total. The molecule has 26 heavy (non-hydrogen) atoms. The van der Waals surface area contributed by atoms with Gasteiger partial charge in [0.25, 0.3) is 0 Å². The summed E-state index contributed by atoms with van der Waals surface area (Å²) in [7, 11) is 0. The highest BCUT2D eigenvalue weighted by Gasteiger charge is 2.36. The fraction of sp³-hybridized carbons (Fsp3) is 0.300. The van der Waals surface area contributed by atoms with Crippen LogP contribution in [0.1, 0.15) is 30.0 Å². The maximum Gasteiger partial charge on any atom is 0.227 e. The second kappa shape index (κ2) is 6.72. The van der Waals surface area contributed by atoms with Gasteiger partial charge in [0.2, 0.25) is 11.8 Å². The van der Waals surface area contributed by atoms with Gasteiger partial charge in [0.15, 0.2) is 0 Å². The van der Waals surface area contributed by atoms with Crippen molar-refractivity contribution in [1.29, 1.82) is 0 Å². The lowest BCUT2D eigenvalue weighted by atomic mass is 10.1. The van der Waals surface area contributed by atoms with Gasteiger partial charge in [0.05, 0.1) is 17.0 Å². The van der Waals surface area contributed by atoms with Crippen LogP contribution in [0, 0.1) is 11.7 Å². The van der Waals surface area contributed by atoms with Crippen LogP contribution in [0.4, 0.5) is 10.1 Å². The number of nitrogens with zero attached hydrogens (tertiary/aromatic N) is 1. The van der Waals surface area contributed by atoms with E-state index in [9.17, 15) is 14.0 Å². The van der Waals surface area contributed by atoms with Crippen molar-refractivity contribution in [3.8, 4) is 0 Å². The number of carbonyl (C=O) groups is 2. The lowest BCUT2D eigenvalue weighted by Gasteiger charge is -2.19. The number of amides is 2. The van der Waals surface area contributed by atoms with Crippen molar-refractivity contribution in [3.05, 3.63) is 64.4 Å². The van der Waals surface area contributed by atoms with Gasteiger partial charge in [0.1, 0.15) is 5.82 Å². The molecule has 2 atom stereocenters. The summed E-state index contributed by atoms with van der Waals surface area (Å²) in [6.07, 6.45) is 1.98. The minimum absolute atomic E-state index is 0.00289. The Balaban J connectivity index is 1.45. The van der Waals surface area contributed by atoms with Crippen LogP contribution in [0.15, 0.2) is 42.5 Å². The molecule has 2 aromatic carbocycles. The fourth-order valence-electron chi connectivity index (χ4n) is 3.78. The Labute approximate surface area is 155 Å². The zero-order valence-corrected chi connectivity index (χ0v) is 14.8. The van der Waals surface area contributed by atoms with E-state index in [0.29, 0.717) is 5.69 Å². The Bertz CT molecular complexity index is 886. The van der Waals surface area contributed by atoms with E-state index in [4.69, 9.17) is 11.6 Å². The summed E-state index contributed by atoms with van der Waals surface area (Å²) in [5.74, 6) is -1.22. The monoisotopic (exact) mass is 372 g/mol. The van der Waals surface area contributed by atoms with Crippen molar-refractivity contribution < 1.29 is 14.0 Å². The number of carbonyl (C=O) groups excluding carboxylic acids is 2. The molecule has 1 fully saturated rings. The molecule has 0 spiro atoms. The topological polar surface area (TPSA) is 49.4 Å². The van der Waals surface area contributed by atoms with E-state index < -0.39 is 11.7 Å². The molecule has 0 unspecified atom stereocenters. The van der Waals surface area contributed by atoms with Gasteiger partial charge < -0.3 is 10.2 Å². The number of rotatable bonds is 3. The second-order valence-corrected chi connectivity index (χ2v) is 7.21. The van der Waals surface area contributed by atoms with Gasteiger partial charge in [-0.25, -0.2) is 4.39 Å². The largest absolute Gasteiger partial charge is 0.349 e. The summed E-state index contributed by atoms with van der Waals surface area (Å²) in [5, 5.41) is 3.05. The summed E-state index contributed by atoms with van der Waals surface area (Å²) in [4.78, 5) is 26.5. The molecule has 1 aliphatic carbocycles. The second-order valence-electron chi connectivity index (χ2n) is 6.80. The van der Waals surface area contributed by atoms with Crippen molar-refractivity contribution >= 4 is 29.1 Å². The van der Waals surface area contributed by atoms with Crippen molar-refractivity contribution in [2.75, 3.05) is 11.4 Å². The smallest absolute Gasteiger partial charge is 0.227 e. The average molecular weight is 373 g/mol. The van der Waals surface area contributed by atoms with Gasteiger partial charge in [-0.2, -0.15) is 0 Å². The molecular weight excluding hydrogens is 355 g/mol. The van der Waals surface area contributed by atoms with Gasteiger partial charge in [0, 0.05) is 18.7 Å². The first kappa shape index (κ1) is 17.0. The maximum atomic E-state index is 13.3. The predicted molar refractivity (Wildman–Crippen MR) is 97.5 cm³/mol. The Morgan fingerprint density at radius 1 is 1.23 bits per heavy atom. The Kier molecular flexibility index (Phi) is 4.41. The highest BCUT2D eigenvalue weighted by atomic mass is 35.5. The molecule has 4 nitrogen and oxygen atoms in total. The number of benzene rings is 2. The van der Waals surface area contributed by atoms with Gasteiger partial charge in [-0.05, 0) is 42.2 Å². The van der Waals surface area contributed by atoms with Crippen LogP contribution in [-0.2, 0) is 16.0 Å². The number of fused-ring (bicyclic) bond motifs is 1. The molecule has 4 rings (SSSR count). The molecule has 2 aromatic rings. The maximum absolute atomic E-state index is 13.3. The molecule has 0 radical (unpaired) electrons. The first-order chi connectivity index (χ1) is 12.5. The van der Waals surface area contributed by atoms with Crippen LogP contribution in [0.5, 0.6) is 0 Å². The Hall–Kier alpha value is -2.40. The Morgan fingerprint density at radius 2 is 2.04 bits per heavy atom. The third-order valence-electron chi connectivity index (χ3n) is 5.16. The minimum Gasteiger partial charge on any atom is -0.349 e. The molecule has 0 bridgehead atoms. The highest BCUT2D eigenvalue weighted by molar-refractivity contribution is 6.31. The van der Waals surface area contributed by atoms with E-state index in [1.54, 1.807) is 0 Å². The third kappa shape index (κ3) is 3.07. The molecule has 1 saturated heterocycles. The van der Waals surface area contributed by atoms with Crippen molar-refractivity contribution in [2.24, 2.45) is 5.92 Å². The minimum atomic E-state index is -0.531. The number of anilines is 1. The Morgan fingerprint density at radius 3 is 2.85 bits per heavy atom. The summed E-state index contributed by atoms with van der Waals surface area (Å²) >= 11 is 5.81. The molecule has 6 heteroatoms. The van der Waals surface area contributed by atoms with Gasteiger partial charge in [-0.1, -0.05) is 35.9 Å². The summed E-state index contributed by atoms with van der Waals surface area (Å²) in [6.45, 7) is 0.279. The van der Waals surface area contributed by atoms with Crippen LogP contribution in [0.25, 0.3) is 0 Å². The molecule has 2 aliphatic rings. The molecule has 2 amide bonds. The standard InChI is InChI=1S/C20H18ClFN2O2/c21-16-10-14(6-7-17(16)22)24-11-13(9-19(24)25)20(26)23-18-8-5-12-3-1-2-4-15(12)18/h1-4,6-7,10,13,18H,5,8-9,11H2,(H,23,26)/t13-,18-/m1/s1. The first-order valence-electron chi connectivity index (χ1n) is 8.66. The lowest BCUT2D eigenvalue weighted by Crippen LogP contribution is -2.34. The van der Waals surface area contributed by atoms with Crippen LogP contribution in [0.2, 0.25) is 5.02 Å². The van der Waals surface area contributed by atoms with Crippen LogP contribution < -0.4 is 10.2 Å². The molecule has 0 aromatic heterocycles. The van der Waals surface area contributed by atoms with E-state index in [1.807, 2.05) is 18.2 Å². The molecule has 1 heterocycles. The van der Waals surface area contributed by atoms with E-state index in [1.165, 1.54) is 28.7 Å². The van der Waals surface area contributed by atoms with E-state index >= 15 is 0 Å². The van der Waals surface area contributed by atoms with E-state index in [2.05, 4.69) is 11.4 Å². The predicted octanol–water partition coefficient (Wildman–Crippen LogP) is 3.64. The number of hydrogen-bond acceptors (Lipinski definition) is 2. The molecule has 0 saturated carbocycles. The number of nitrogens with one attached hydrogen (secondary N) is 1. The van der Waals surface area contributed by atoms with Crippen LogP contribution in [-0.4, -0.2) is 18.4 Å². The van der Waals surface area contributed by atoms with Crippen LogP contribution in [0.3, 0.4) is 0 Å². The third-order valence-corrected chi connectivity index (χ3v) is 5.45. The van der Waals surface area contributed by atoms with Gasteiger partial charge >= 0.3 is 0 Å². The molecule has 134 valence electrons. The SMILES string of the molecule is O=C(N[C@@H]1CCc2ccccc21)[C@@H]1CC(=O)N(c2ccc(F)c(Cl)c2)C1. The fourth-order valence-corrected chi connectivity index (χ4v) is 3.96. The summed E-state index contributed by atoms with van der Waals surface area (Å²) < 4.78 is 13.3. The zero-order chi connectivity index (χ0) is 18.3. The number of aryl methyl sites for hydroxylation is 1. The highest BCUT2D eigenvalue weighted by Crippen LogP contribution is 2.32. The average Bonchev–Trinajstić information content (AvgIpc) is 3.22. The van der Waals surface area contributed by atoms with Gasteiger partial charge in [-0.3, -0.25) is 9.59 Å². The van der Waals surface area contributed by atoms with Crippen molar-refractivity contribution in [1.82, 2.24) is 5.32 Å². The molecular formula is C20H18ClFN2O2.